The zero-order valence-corrected chi connectivity index (χ0v) is 13.3. The SMILES string of the molecule is NC[C@@H]1CN(Cc2c(F)cccc2[N+](=O)[O-])C[C@H]1c1ccccc1. The van der Waals surface area contributed by atoms with Crippen LogP contribution in [0, 0.1) is 21.8 Å². The van der Waals surface area contributed by atoms with Crippen LogP contribution in [0.1, 0.15) is 17.0 Å². The van der Waals surface area contributed by atoms with E-state index in [4.69, 9.17) is 5.73 Å². The summed E-state index contributed by atoms with van der Waals surface area (Å²) < 4.78 is 14.1. The molecule has 6 heteroatoms. The molecule has 0 aromatic heterocycles. The van der Waals surface area contributed by atoms with Crippen molar-refractivity contribution in [2.24, 2.45) is 11.7 Å². The van der Waals surface area contributed by atoms with E-state index in [1.165, 1.54) is 23.8 Å². The Morgan fingerprint density at radius 2 is 1.92 bits per heavy atom. The van der Waals surface area contributed by atoms with Crippen LogP contribution in [0.15, 0.2) is 48.5 Å². The molecule has 2 N–H and O–H groups in total. The molecule has 24 heavy (non-hydrogen) atoms. The van der Waals surface area contributed by atoms with Crippen molar-refractivity contribution in [2.75, 3.05) is 19.6 Å². The molecule has 5 nitrogen and oxygen atoms in total. The van der Waals surface area contributed by atoms with Crippen molar-refractivity contribution >= 4 is 5.69 Å². The van der Waals surface area contributed by atoms with E-state index >= 15 is 0 Å². The third kappa shape index (κ3) is 3.29. The average Bonchev–Trinajstić information content (AvgIpc) is 3.00. The maximum atomic E-state index is 14.1. The van der Waals surface area contributed by atoms with E-state index in [9.17, 15) is 14.5 Å². The van der Waals surface area contributed by atoms with Gasteiger partial charge in [-0.3, -0.25) is 15.0 Å². The van der Waals surface area contributed by atoms with Gasteiger partial charge in [-0.2, -0.15) is 0 Å². The second-order valence-corrected chi connectivity index (χ2v) is 6.20. The second-order valence-electron chi connectivity index (χ2n) is 6.20. The molecule has 0 unspecified atom stereocenters. The Bertz CT molecular complexity index is 723. The molecule has 0 bridgehead atoms. The molecule has 0 spiro atoms. The summed E-state index contributed by atoms with van der Waals surface area (Å²) in [6, 6.07) is 14.1. The molecule has 0 saturated carbocycles. The van der Waals surface area contributed by atoms with Crippen LogP contribution < -0.4 is 5.73 Å². The summed E-state index contributed by atoms with van der Waals surface area (Å²) in [6.45, 7) is 2.19. The van der Waals surface area contributed by atoms with Gasteiger partial charge in [0.1, 0.15) is 5.82 Å². The van der Waals surface area contributed by atoms with E-state index in [1.807, 2.05) is 18.2 Å². The molecule has 0 radical (unpaired) electrons. The van der Waals surface area contributed by atoms with Gasteiger partial charge >= 0.3 is 0 Å². The maximum absolute atomic E-state index is 14.1. The minimum atomic E-state index is -0.531. The number of halogens is 1. The first-order valence-corrected chi connectivity index (χ1v) is 7.99. The number of nitrogens with two attached hydrogens (primary N) is 1. The minimum Gasteiger partial charge on any atom is -0.330 e. The van der Waals surface area contributed by atoms with Crippen LogP contribution >= 0.6 is 0 Å². The summed E-state index contributed by atoms with van der Waals surface area (Å²) in [4.78, 5) is 12.7. The van der Waals surface area contributed by atoms with Gasteiger partial charge in [0.2, 0.25) is 0 Å². The lowest BCUT2D eigenvalue weighted by Gasteiger charge is -2.17. The topological polar surface area (TPSA) is 72.4 Å². The Hall–Kier alpha value is -2.31. The van der Waals surface area contributed by atoms with Crippen molar-refractivity contribution < 1.29 is 9.31 Å². The molecule has 1 fully saturated rings. The highest BCUT2D eigenvalue weighted by molar-refractivity contribution is 5.41. The Kier molecular flexibility index (Phi) is 4.87. The van der Waals surface area contributed by atoms with Crippen LogP contribution in [0.2, 0.25) is 0 Å². The molecule has 1 heterocycles. The molecule has 0 amide bonds. The largest absolute Gasteiger partial charge is 0.330 e. The van der Waals surface area contributed by atoms with Crippen LogP contribution in [0.25, 0.3) is 0 Å². The van der Waals surface area contributed by atoms with Crippen molar-refractivity contribution in [3.05, 3.63) is 75.6 Å². The predicted molar refractivity (Wildman–Crippen MR) is 90.1 cm³/mol. The summed E-state index contributed by atoms with van der Waals surface area (Å²) in [6.07, 6.45) is 0. The molecule has 2 aromatic rings. The average molecular weight is 329 g/mol. The van der Waals surface area contributed by atoms with Crippen molar-refractivity contribution in [2.45, 2.75) is 12.5 Å². The van der Waals surface area contributed by atoms with Gasteiger partial charge in [-0.05, 0) is 24.1 Å². The molecule has 3 rings (SSSR count). The molecule has 1 saturated heterocycles. The van der Waals surface area contributed by atoms with Gasteiger partial charge in [0, 0.05) is 31.6 Å². The summed E-state index contributed by atoms with van der Waals surface area (Å²) in [5.41, 5.74) is 7.10. The number of hydrogen-bond donors (Lipinski definition) is 1. The van der Waals surface area contributed by atoms with Crippen LogP contribution in [-0.2, 0) is 6.54 Å². The van der Waals surface area contributed by atoms with Gasteiger partial charge in [-0.1, -0.05) is 36.4 Å². The standard InChI is InChI=1S/C18H20FN3O2/c19-17-7-4-8-18(22(23)24)16(17)12-21-10-14(9-20)15(11-21)13-5-2-1-3-6-13/h1-8,14-15H,9-12,20H2/t14-,15+/m1/s1. The number of rotatable bonds is 5. The van der Waals surface area contributed by atoms with Crippen LogP contribution in [0.3, 0.4) is 0 Å². The van der Waals surface area contributed by atoms with Crippen LogP contribution in [0.4, 0.5) is 10.1 Å². The van der Waals surface area contributed by atoms with Gasteiger partial charge in [0.15, 0.2) is 0 Å². The van der Waals surface area contributed by atoms with E-state index in [-0.39, 0.29) is 29.6 Å². The van der Waals surface area contributed by atoms with Crippen LogP contribution in [-0.4, -0.2) is 29.5 Å². The number of benzene rings is 2. The van der Waals surface area contributed by atoms with E-state index < -0.39 is 10.7 Å². The number of likely N-dealkylation sites (tertiary alicyclic amines) is 1. The van der Waals surface area contributed by atoms with Gasteiger partial charge in [0.25, 0.3) is 5.69 Å². The predicted octanol–water partition coefficient (Wildman–Crippen LogP) is 2.91. The van der Waals surface area contributed by atoms with Crippen LogP contribution in [0.5, 0.6) is 0 Å². The third-order valence-electron chi connectivity index (χ3n) is 4.72. The normalized spacial score (nSPS) is 21.1. The van der Waals surface area contributed by atoms with E-state index in [0.29, 0.717) is 13.1 Å². The van der Waals surface area contributed by atoms with Crippen molar-refractivity contribution in [1.29, 1.82) is 0 Å². The first-order valence-electron chi connectivity index (χ1n) is 7.99. The number of nitro benzene ring substituents is 1. The van der Waals surface area contributed by atoms with Gasteiger partial charge in [-0.25, -0.2) is 4.39 Å². The van der Waals surface area contributed by atoms with E-state index in [2.05, 4.69) is 17.0 Å². The number of hydrogen-bond acceptors (Lipinski definition) is 4. The third-order valence-corrected chi connectivity index (χ3v) is 4.72. The quantitative estimate of drug-likeness (QED) is 0.676. The first-order chi connectivity index (χ1) is 11.6. The smallest absolute Gasteiger partial charge is 0.276 e. The highest BCUT2D eigenvalue weighted by atomic mass is 19.1. The lowest BCUT2D eigenvalue weighted by atomic mass is 9.89. The summed E-state index contributed by atoms with van der Waals surface area (Å²) >= 11 is 0. The molecule has 126 valence electrons. The Morgan fingerprint density at radius 1 is 1.17 bits per heavy atom. The first kappa shape index (κ1) is 16.5. The molecule has 0 aliphatic carbocycles. The molecule has 2 atom stereocenters. The number of nitrogens with zero attached hydrogens (tertiary/aromatic N) is 2. The highest BCUT2D eigenvalue weighted by Gasteiger charge is 2.34. The van der Waals surface area contributed by atoms with E-state index in [0.717, 1.165) is 6.54 Å². The fourth-order valence-corrected chi connectivity index (χ4v) is 3.50. The summed E-state index contributed by atoms with van der Waals surface area (Å²) in [7, 11) is 0. The number of nitro groups is 1. The highest BCUT2D eigenvalue weighted by Crippen LogP contribution is 2.34. The fraction of sp³-hybridized carbons (Fsp3) is 0.333. The van der Waals surface area contributed by atoms with Gasteiger partial charge in [0.05, 0.1) is 10.5 Å². The van der Waals surface area contributed by atoms with E-state index in [1.54, 1.807) is 0 Å². The Morgan fingerprint density at radius 3 is 2.58 bits per heavy atom. The van der Waals surface area contributed by atoms with Crippen molar-refractivity contribution in [3.63, 3.8) is 0 Å². The molecule has 2 aromatic carbocycles. The zero-order valence-electron chi connectivity index (χ0n) is 13.3. The second kappa shape index (κ2) is 7.07. The maximum Gasteiger partial charge on any atom is 0.276 e. The van der Waals surface area contributed by atoms with Crippen molar-refractivity contribution in [3.8, 4) is 0 Å². The Balaban J connectivity index is 1.82. The summed E-state index contributed by atoms with van der Waals surface area (Å²) in [5, 5.41) is 11.2. The molecule has 1 aliphatic heterocycles. The molecular weight excluding hydrogens is 309 g/mol. The lowest BCUT2D eigenvalue weighted by molar-refractivity contribution is -0.385. The molecular formula is C18H20FN3O2. The Labute approximate surface area is 140 Å². The van der Waals surface area contributed by atoms with Crippen molar-refractivity contribution in [1.82, 2.24) is 4.90 Å². The molecule has 1 aliphatic rings. The summed E-state index contributed by atoms with van der Waals surface area (Å²) in [5.74, 6) is -0.00285. The van der Waals surface area contributed by atoms with Gasteiger partial charge in [-0.15, -0.1) is 0 Å². The monoisotopic (exact) mass is 329 g/mol. The minimum absolute atomic E-state index is 0.145. The van der Waals surface area contributed by atoms with Gasteiger partial charge < -0.3 is 5.73 Å². The zero-order chi connectivity index (χ0) is 17.1. The fourth-order valence-electron chi connectivity index (χ4n) is 3.50. The lowest BCUT2D eigenvalue weighted by Crippen LogP contribution is -2.24.